The fourth-order valence-electron chi connectivity index (χ4n) is 2.79. The zero-order valence-corrected chi connectivity index (χ0v) is 11.8. The summed E-state index contributed by atoms with van der Waals surface area (Å²) >= 11 is 0. The Bertz CT molecular complexity index is 345. The highest BCUT2D eigenvalue weighted by Crippen LogP contribution is 2.17. The predicted molar refractivity (Wildman–Crippen MR) is 74.1 cm³/mol. The Kier molecular flexibility index (Phi) is 5.60. The highest BCUT2D eigenvalue weighted by molar-refractivity contribution is 5.77. The smallest absolute Gasteiger partial charge is 0.312 e. The predicted octanol–water partition coefficient (Wildman–Crippen LogP) is -0.728. The summed E-state index contributed by atoms with van der Waals surface area (Å²) in [5.74, 6) is 0.465. The average molecular weight is 284 g/mol. The lowest BCUT2D eigenvalue weighted by molar-refractivity contribution is -0.134. The van der Waals surface area contributed by atoms with E-state index >= 15 is 0 Å². The molecule has 2 unspecified atom stereocenters. The van der Waals surface area contributed by atoms with E-state index in [1.165, 1.54) is 0 Å². The summed E-state index contributed by atoms with van der Waals surface area (Å²) in [6, 6.07) is -0.377. The second-order valence-electron chi connectivity index (χ2n) is 5.52. The maximum Gasteiger partial charge on any atom is 0.312 e. The number of nitrogens with zero attached hydrogens (tertiary/aromatic N) is 1. The zero-order valence-electron chi connectivity index (χ0n) is 11.8. The van der Waals surface area contributed by atoms with Gasteiger partial charge in [0.1, 0.15) is 0 Å². The van der Waals surface area contributed by atoms with Crippen molar-refractivity contribution in [1.29, 1.82) is 0 Å². The summed E-state index contributed by atoms with van der Waals surface area (Å²) in [5.41, 5.74) is 5.08. The Labute approximate surface area is 119 Å². The maximum atomic E-state index is 12.3. The molecule has 7 nitrogen and oxygen atoms in total. The van der Waals surface area contributed by atoms with Gasteiger partial charge in [0, 0.05) is 38.6 Å². The molecule has 114 valence electrons. The van der Waals surface area contributed by atoms with Gasteiger partial charge >= 0.3 is 6.03 Å². The number of morpholine rings is 1. The molecule has 2 fully saturated rings. The van der Waals surface area contributed by atoms with Gasteiger partial charge in [-0.05, 0) is 18.8 Å². The lowest BCUT2D eigenvalue weighted by Gasteiger charge is -2.34. The molecular formula is C13H24N4O3. The standard InChI is InChI=1S/C13H24N4O3/c14-13(19)16-7-10-2-1-4-17(8-10)12(18)6-11-9-20-5-3-15-11/h10-11,15H,1-9H2,(H3,14,16,19). The first-order valence-electron chi connectivity index (χ1n) is 7.27. The van der Waals surface area contributed by atoms with Crippen molar-refractivity contribution in [3.63, 3.8) is 0 Å². The second-order valence-corrected chi connectivity index (χ2v) is 5.52. The molecule has 0 bridgehead atoms. The van der Waals surface area contributed by atoms with Crippen LogP contribution in [0.1, 0.15) is 19.3 Å². The average Bonchev–Trinajstić information content (AvgIpc) is 2.46. The molecule has 2 rings (SSSR count). The summed E-state index contributed by atoms with van der Waals surface area (Å²) in [6.07, 6.45) is 2.48. The van der Waals surface area contributed by atoms with Crippen LogP contribution in [0, 0.1) is 5.92 Å². The largest absolute Gasteiger partial charge is 0.378 e. The number of hydrogen-bond donors (Lipinski definition) is 3. The Morgan fingerprint density at radius 1 is 1.45 bits per heavy atom. The number of primary amides is 1. The molecule has 2 atom stereocenters. The number of ether oxygens (including phenoxy) is 1. The lowest BCUT2D eigenvalue weighted by Crippen LogP contribution is -2.48. The van der Waals surface area contributed by atoms with Crippen LogP contribution in [-0.4, -0.2) is 62.3 Å². The molecule has 0 saturated carbocycles. The molecule has 0 spiro atoms. The SMILES string of the molecule is NC(=O)NCC1CCCN(C(=O)CC2COCCN2)C1. The van der Waals surface area contributed by atoms with E-state index in [9.17, 15) is 9.59 Å². The van der Waals surface area contributed by atoms with Crippen LogP contribution < -0.4 is 16.4 Å². The number of nitrogens with one attached hydrogen (secondary N) is 2. The first kappa shape index (κ1) is 15.1. The molecule has 0 aromatic rings. The van der Waals surface area contributed by atoms with Gasteiger partial charge in [-0.2, -0.15) is 0 Å². The molecule has 20 heavy (non-hydrogen) atoms. The molecular weight excluding hydrogens is 260 g/mol. The summed E-state index contributed by atoms with van der Waals surface area (Å²) in [4.78, 5) is 24.9. The van der Waals surface area contributed by atoms with E-state index in [4.69, 9.17) is 10.5 Å². The number of likely N-dealkylation sites (tertiary alicyclic amines) is 1. The van der Waals surface area contributed by atoms with Crippen LogP contribution in [0.4, 0.5) is 4.79 Å². The van der Waals surface area contributed by atoms with Crippen molar-refractivity contribution in [3.05, 3.63) is 0 Å². The molecule has 2 heterocycles. The third-order valence-electron chi connectivity index (χ3n) is 3.86. The minimum atomic E-state index is -0.503. The van der Waals surface area contributed by atoms with E-state index < -0.39 is 6.03 Å². The Hall–Kier alpha value is -1.34. The van der Waals surface area contributed by atoms with Crippen LogP contribution in [0.3, 0.4) is 0 Å². The van der Waals surface area contributed by atoms with Crippen molar-refractivity contribution >= 4 is 11.9 Å². The Balaban J connectivity index is 1.75. The van der Waals surface area contributed by atoms with Gasteiger partial charge in [0.15, 0.2) is 0 Å². The number of piperidine rings is 1. The van der Waals surface area contributed by atoms with E-state index in [-0.39, 0.29) is 11.9 Å². The number of carbonyl (C=O) groups is 2. The fourth-order valence-corrected chi connectivity index (χ4v) is 2.79. The van der Waals surface area contributed by atoms with E-state index in [1.54, 1.807) is 0 Å². The van der Waals surface area contributed by atoms with Gasteiger partial charge in [-0.25, -0.2) is 4.79 Å². The van der Waals surface area contributed by atoms with E-state index in [2.05, 4.69) is 10.6 Å². The van der Waals surface area contributed by atoms with Crippen LogP contribution in [0.25, 0.3) is 0 Å². The number of carbonyl (C=O) groups excluding carboxylic acids is 2. The minimum Gasteiger partial charge on any atom is -0.378 e. The Morgan fingerprint density at radius 2 is 2.30 bits per heavy atom. The van der Waals surface area contributed by atoms with E-state index in [0.717, 1.165) is 32.5 Å². The number of hydrogen-bond acceptors (Lipinski definition) is 4. The van der Waals surface area contributed by atoms with Crippen LogP contribution >= 0.6 is 0 Å². The zero-order chi connectivity index (χ0) is 14.4. The third kappa shape index (κ3) is 4.64. The van der Waals surface area contributed by atoms with Crippen molar-refractivity contribution in [2.75, 3.05) is 39.4 Å². The molecule has 0 radical (unpaired) electrons. The second kappa shape index (κ2) is 7.44. The molecule has 0 aromatic carbocycles. The van der Waals surface area contributed by atoms with Crippen LogP contribution in [0.2, 0.25) is 0 Å². The van der Waals surface area contributed by atoms with Crippen molar-refractivity contribution in [1.82, 2.24) is 15.5 Å². The number of nitrogens with two attached hydrogens (primary N) is 1. The molecule has 4 N–H and O–H groups in total. The van der Waals surface area contributed by atoms with Gasteiger partial charge in [-0.1, -0.05) is 0 Å². The van der Waals surface area contributed by atoms with Gasteiger partial charge < -0.3 is 26.0 Å². The van der Waals surface area contributed by atoms with Gasteiger partial charge in [-0.3, -0.25) is 4.79 Å². The molecule has 3 amide bonds. The molecule has 2 aliphatic heterocycles. The molecule has 7 heteroatoms. The number of rotatable bonds is 4. The Morgan fingerprint density at radius 3 is 3.00 bits per heavy atom. The summed E-state index contributed by atoms with van der Waals surface area (Å²) < 4.78 is 5.36. The maximum absolute atomic E-state index is 12.3. The van der Waals surface area contributed by atoms with Crippen LogP contribution in [-0.2, 0) is 9.53 Å². The van der Waals surface area contributed by atoms with Crippen molar-refractivity contribution < 1.29 is 14.3 Å². The summed E-state index contributed by atoms with van der Waals surface area (Å²) in [5, 5.41) is 5.92. The normalized spacial score (nSPS) is 27.1. The molecule has 0 aliphatic carbocycles. The monoisotopic (exact) mass is 284 g/mol. The van der Waals surface area contributed by atoms with Gasteiger partial charge in [0.05, 0.1) is 13.2 Å². The third-order valence-corrected chi connectivity index (χ3v) is 3.86. The van der Waals surface area contributed by atoms with Crippen molar-refractivity contribution in [3.8, 4) is 0 Å². The van der Waals surface area contributed by atoms with Crippen molar-refractivity contribution in [2.24, 2.45) is 11.7 Å². The van der Waals surface area contributed by atoms with E-state index in [1.807, 2.05) is 4.90 Å². The number of urea groups is 1. The van der Waals surface area contributed by atoms with Crippen molar-refractivity contribution in [2.45, 2.75) is 25.3 Å². The molecule has 2 aliphatic rings. The fraction of sp³-hybridized carbons (Fsp3) is 0.846. The van der Waals surface area contributed by atoms with Crippen LogP contribution in [0.15, 0.2) is 0 Å². The summed E-state index contributed by atoms with van der Waals surface area (Å²) in [6.45, 7) is 4.18. The highest BCUT2D eigenvalue weighted by atomic mass is 16.5. The first-order chi connectivity index (χ1) is 9.65. The summed E-state index contributed by atoms with van der Waals surface area (Å²) in [7, 11) is 0. The minimum absolute atomic E-state index is 0.125. The van der Waals surface area contributed by atoms with Gasteiger partial charge in [-0.15, -0.1) is 0 Å². The lowest BCUT2D eigenvalue weighted by atomic mass is 9.97. The highest BCUT2D eigenvalue weighted by Gasteiger charge is 2.26. The topological polar surface area (TPSA) is 96.7 Å². The number of amides is 3. The van der Waals surface area contributed by atoms with E-state index in [0.29, 0.717) is 32.0 Å². The van der Waals surface area contributed by atoms with Gasteiger partial charge in [0.2, 0.25) is 5.91 Å². The first-order valence-corrected chi connectivity index (χ1v) is 7.27. The molecule has 0 aromatic heterocycles. The van der Waals surface area contributed by atoms with Gasteiger partial charge in [0.25, 0.3) is 0 Å². The quantitative estimate of drug-likeness (QED) is 0.634. The van der Waals surface area contributed by atoms with Crippen LogP contribution in [0.5, 0.6) is 0 Å². The molecule has 2 saturated heterocycles.